The summed E-state index contributed by atoms with van der Waals surface area (Å²) >= 11 is 0.961. The van der Waals surface area contributed by atoms with E-state index in [4.69, 9.17) is 5.11 Å². The quantitative estimate of drug-likeness (QED) is 0.879. The Labute approximate surface area is 95.3 Å². The maximum Gasteiger partial charge on any atom is 0.365 e. The number of aromatic carboxylic acids is 1. The van der Waals surface area contributed by atoms with Gasteiger partial charge in [-0.25, -0.2) is 18.2 Å². The number of thiazole rings is 1. The highest BCUT2D eigenvalue weighted by atomic mass is 32.2. The van der Waals surface area contributed by atoms with E-state index in [9.17, 15) is 13.2 Å². The van der Waals surface area contributed by atoms with Crippen molar-refractivity contribution in [3.05, 3.63) is 23.2 Å². The number of hydrogen-bond acceptors (Lipinski definition) is 5. The molecule has 1 aromatic carbocycles. The second-order valence-electron chi connectivity index (χ2n) is 3.20. The summed E-state index contributed by atoms with van der Waals surface area (Å²) in [5.74, 6) is -1.15. The van der Waals surface area contributed by atoms with Crippen LogP contribution in [0.15, 0.2) is 23.1 Å². The molecule has 0 amide bonds. The number of aromatic nitrogens is 1. The Morgan fingerprint density at radius 1 is 1.44 bits per heavy atom. The standard InChI is InChI=1S/C9H7NO4S2/c1-16(13,14)6-4-2-3-5-7(6)10-8(15-5)9(11)12/h2-4H,1H3,(H,11,12). The van der Waals surface area contributed by atoms with E-state index in [1.807, 2.05) is 0 Å². The van der Waals surface area contributed by atoms with Crippen molar-refractivity contribution < 1.29 is 18.3 Å². The molecule has 2 rings (SSSR count). The molecule has 0 aliphatic rings. The molecule has 1 N–H and O–H groups in total. The van der Waals surface area contributed by atoms with Crippen molar-refractivity contribution >= 4 is 37.4 Å². The summed E-state index contributed by atoms with van der Waals surface area (Å²) in [4.78, 5) is 14.6. The molecule has 0 radical (unpaired) electrons. The maximum atomic E-state index is 11.4. The van der Waals surface area contributed by atoms with E-state index >= 15 is 0 Å². The minimum absolute atomic E-state index is 0.0637. The Balaban J connectivity index is 2.83. The highest BCUT2D eigenvalue weighted by Gasteiger charge is 2.17. The third-order valence-corrected chi connectivity index (χ3v) is 4.10. The van der Waals surface area contributed by atoms with Crippen LogP contribution in [0.5, 0.6) is 0 Å². The van der Waals surface area contributed by atoms with Crippen molar-refractivity contribution in [2.75, 3.05) is 6.26 Å². The smallest absolute Gasteiger partial charge is 0.365 e. The molecule has 16 heavy (non-hydrogen) atoms. The Morgan fingerprint density at radius 3 is 2.69 bits per heavy atom. The predicted octanol–water partition coefficient (Wildman–Crippen LogP) is 1.40. The number of sulfone groups is 1. The van der Waals surface area contributed by atoms with E-state index in [1.165, 1.54) is 6.07 Å². The van der Waals surface area contributed by atoms with Gasteiger partial charge in [0.1, 0.15) is 5.52 Å². The van der Waals surface area contributed by atoms with Gasteiger partial charge in [-0.15, -0.1) is 11.3 Å². The minimum Gasteiger partial charge on any atom is -0.476 e. The maximum absolute atomic E-state index is 11.4. The molecule has 84 valence electrons. The topological polar surface area (TPSA) is 84.3 Å². The summed E-state index contributed by atoms with van der Waals surface area (Å²) in [5, 5.41) is 8.67. The van der Waals surface area contributed by atoms with Gasteiger partial charge in [0.05, 0.1) is 9.60 Å². The van der Waals surface area contributed by atoms with Crippen molar-refractivity contribution in [1.29, 1.82) is 0 Å². The van der Waals surface area contributed by atoms with Crippen LogP contribution in [0.1, 0.15) is 9.80 Å². The number of carboxylic acids is 1. The Hall–Kier alpha value is -1.47. The molecule has 1 aromatic heterocycles. The lowest BCUT2D eigenvalue weighted by Gasteiger charge is -1.97. The zero-order valence-electron chi connectivity index (χ0n) is 8.17. The summed E-state index contributed by atoms with van der Waals surface area (Å²) in [5.41, 5.74) is 0.229. The molecule has 0 aliphatic heterocycles. The molecule has 0 unspecified atom stereocenters. The van der Waals surface area contributed by atoms with Crippen LogP contribution in [0, 0.1) is 0 Å². The monoisotopic (exact) mass is 257 g/mol. The molecule has 1 heterocycles. The van der Waals surface area contributed by atoms with E-state index < -0.39 is 15.8 Å². The molecular formula is C9H7NO4S2. The second-order valence-corrected chi connectivity index (χ2v) is 6.21. The van der Waals surface area contributed by atoms with Crippen LogP contribution in [0.25, 0.3) is 10.2 Å². The van der Waals surface area contributed by atoms with E-state index in [1.54, 1.807) is 12.1 Å². The van der Waals surface area contributed by atoms with Crippen LogP contribution in [-0.2, 0) is 9.84 Å². The number of para-hydroxylation sites is 1. The SMILES string of the molecule is CS(=O)(=O)c1cccc2sc(C(=O)O)nc12. The van der Waals surface area contributed by atoms with E-state index in [2.05, 4.69) is 4.98 Å². The van der Waals surface area contributed by atoms with Gasteiger partial charge in [-0.2, -0.15) is 0 Å². The van der Waals surface area contributed by atoms with Crippen LogP contribution >= 0.6 is 11.3 Å². The molecular weight excluding hydrogens is 250 g/mol. The van der Waals surface area contributed by atoms with Gasteiger partial charge < -0.3 is 5.11 Å². The molecule has 5 nitrogen and oxygen atoms in total. The summed E-state index contributed by atoms with van der Waals surface area (Å²) < 4.78 is 23.4. The summed E-state index contributed by atoms with van der Waals surface area (Å²) in [6, 6.07) is 4.64. The molecule has 0 bridgehead atoms. The van der Waals surface area contributed by atoms with Gasteiger partial charge in [0.15, 0.2) is 9.84 Å². The second kappa shape index (κ2) is 3.53. The van der Waals surface area contributed by atoms with Crippen LogP contribution in [0.3, 0.4) is 0 Å². The van der Waals surface area contributed by atoms with Gasteiger partial charge in [0, 0.05) is 6.26 Å². The molecule has 0 spiro atoms. The molecule has 0 saturated carbocycles. The first kappa shape index (κ1) is 11.0. The summed E-state index contributed by atoms with van der Waals surface area (Å²) in [7, 11) is -3.39. The van der Waals surface area contributed by atoms with Crippen molar-refractivity contribution in [2.24, 2.45) is 0 Å². The first-order valence-corrected chi connectivity index (χ1v) is 6.93. The highest BCUT2D eigenvalue weighted by Crippen LogP contribution is 2.27. The molecule has 2 aromatic rings. The number of nitrogens with zero attached hydrogens (tertiary/aromatic N) is 1. The fourth-order valence-electron chi connectivity index (χ4n) is 1.31. The van der Waals surface area contributed by atoms with Gasteiger partial charge in [-0.3, -0.25) is 0 Å². The number of carboxylic acid groups (broad SMARTS) is 1. The van der Waals surface area contributed by atoms with E-state index in [0.717, 1.165) is 17.6 Å². The number of carbonyl (C=O) groups is 1. The number of rotatable bonds is 2. The fraction of sp³-hybridized carbons (Fsp3) is 0.111. The molecule has 0 atom stereocenters. The van der Waals surface area contributed by atoms with Crippen LogP contribution in [0.4, 0.5) is 0 Å². The van der Waals surface area contributed by atoms with Crippen molar-refractivity contribution in [3.8, 4) is 0 Å². The first-order valence-electron chi connectivity index (χ1n) is 4.22. The van der Waals surface area contributed by atoms with Gasteiger partial charge >= 0.3 is 5.97 Å². The van der Waals surface area contributed by atoms with Gasteiger partial charge in [0.25, 0.3) is 0 Å². The molecule has 0 saturated heterocycles. The lowest BCUT2D eigenvalue weighted by molar-refractivity contribution is 0.0696. The summed E-state index contributed by atoms with van der Waals surface area (Å²) in [6.45, 7) is 0. The predicted molar refractivity (Wildman–Crippen MR) is 59.7 cm³/mol. The number of fused-ring (bicyclic) bond motifs is 1. The Bertz CT molecular complexity index is 672. The molecule has 0 aliphatic carbocycles. The van der Waals surface area contributed by atoms with Crippen LogP contribution in [-0.4, -0.2) is 30.7 Å². The van der Waals surface area contributed by atoms with Gasteiger partial charge in [-0.1, -0.05) is 6.07 Å². The van der Waals surface area contributed by atoms with Gasteiger partial charge in [-0.05, 0) is 12.1 Å². The van der Waals surface area contributed by atoms with E-state index in [0.29, 0.717) is 4.70 Å². The fourth-order valence-corrected chi connectivity index (χ4v) is 3.04. The van der Waals surface area contributed by atoms with Crippen LogP contribution < -0.4 is 0 Å². The van der Waals surface area contributed by atoms with Crippen molar-refractivity contribution in [1.82, 2.24) is 4.98 Å². The van der Waals surface area contributed by atoms with E-state index in [-0.39, 0.29) is 15.4 Å². The van der Waals surface area contributed by atoms with Crippen molar-refractivity contribution in [3.63, 3.8) is 0 Å². The van der Waals surface area contributed by atoms with Crippen LogP contribution in [0.2, 0.25) is 0 Å². The number of benzene rings is 1. The third-order valence-electron chi connectivity index (χ3n) is 1.96. The first-order chi connectivity index (χ1) is 7.39. The lowest BCUT2D eigenvalue weighted by atomic mass is 10.3. The highest BCUT2D eigenvalue weighted by molar-refractivity contribution is 7.91. The van der Waals surface area contributed by atoms with Crippen molar-refractivity contribution in [2.45, 2.75) is 4.90 Å². The Morgan fingerprint density at radius 2 is 2.12 bits per heavy atom. The zero-order valence-corrected chi connectivity index (χ0v) is 9.80. The average Bonchev–Trinajstić information content (AvgIpc) is 2.58. The Kier molecular flexibility index (Phi) is 2.43. The van der Waals surface area contributed by atoms with Gasteiger partial charge in [0.2, 0.25) is 5.01 Å². The molecule has 7 heteroatoms. The largest absolute Gasteiger partial charge is 0.476 e. The third kappa shape index (κ3) is 1.79. The normalized spacial score (nSPS) is 11.8. The lowest BCUT2D eigenvalue weighted by Crippen LogP contribution is -1.99. The summed E-state index contributed by atoms with van der Waals surface area (Å²) in [6.07, 6.45) is 1.07. The minimum atomic E-state index is -3.39. The number of hydrogen-bond donors (Lipinski definition) is 1. The zero-order chi connectivity index (χ0) is 11.9. The average molecular weight is 257 g/mol. The molecule has 0 fully saturated rings.